The van der Waals surface area contributed by atoms with E-state index in [1.807, 2.05) is 0 Å². The molecule has 2 aliphatic rings. The van der Waals surface area contributed by atoms with E-state index in [1.54, 1.807) is 13.0 Å². The molecule has 35 heavy (non-hydrogen) atoms. The van der Waals surface area contributed by atoms with Crippen LogP contribution in [0.25, 0.3) is 11.1 Å². The third-order valence-electron chi connectivity index (χ3n) is 5.65. The predicted molar refractivity (Wildman–Crippen MR) is 112 cm³/mol. The fraction of sp³-hybridized carbons (Fsp3) is 0.154. The van der Waals surface area contributed by atoms with Crippen LogP contribution in [0.4, 0.5) is 39.5 Å². The van der Waals surface area contributed by atoms with Crippen LogP contribution in [0.5, 0.6) is 0 Å². The van der Waals surface area contributed by atoms with E-state index < -0.39 is 64.2 Å². The summed E-state index contributed by atoms with van der Waals surface area (Å²) in [6.45, 7) is 1.70. The van der Waals surface area contributed by atoms with Crippen LogP contribution in [-0.2, 0) is 0 Å². The van der Waals surface area contributed by atoms with Crippen molar-refractivity contribution >= 4 is 11.1 Å². The Morgan fingerprint density at radius 3 is 2.00 bits per heavy atom. The fourth-order valence-corrected chi connectivity index (χ4v) is 4.02. The van der Waals surface area contributed by atoms with Crippen molar-refractivity contribution in [3.05, 3.63) is 116 Å². The monoisotopic (exact) mass is 498 g/mol. The molecular formula is C26H15F9. The van der Waals surface area contributed by atoms with E-state index in [4.69, 9.17) is 0 Å². The van der Waals surface area contributed by atoms with Crippen molar-refractivity contribution < 1.29 is 39.5 Å². The van der Waals surface area contributed by atoms with Gasteiger partial charge in [-0.2, -0.15) is 13.2 Å². The molecule has 0 heterocycles. The molecule has 0 N–H and O–H groups in total. The van der Waals surface area contributed by atoms with Crippen molar-refractivity contribution in [1.29, 1.82) is 0 Å². The molecule has 0 spiro atoms. The van der Waals surface area contributed by atoms with Gasteiger partial charge in [0, 0.05) is 16.9 Å². The topological polar surface area (TPSA) is 0 Å². The van der Waals surface area contributed by atoms with E-state index in [0.717, 1.165) is 6.07 Å². The molecule has 0 amide bonds. The average molecular weight is 498 g/mol. The smallest absolute Gasteiger partial charge is 0.238 e. The summed E-state index contributed by atoms with van der Waals surface area (Å²) < 4.78 is 125. The Morgan fingerprint density at radius 2 is 1.46 bits per heavy atom. The lowest BCUT2D eigenvalue weighted by Gasteiger charge is -2.17. The Balaban J connectivity index is 1.89. The maximum Gasteiger partial charge on any atom is 0.421 e. The van der Waals surface area contributed by atoms with Crippen LogP contribution in [0.1, 0.15) is 13.3 Å². The molecule has 182 valence electrons. The van der Waals surface area contributed by atoms with Gasteiger partial charge in [0.2, 0.25) is 0 Å². The van der Waals surface area contributed by atoms with E-state index in [-0.39, 0.29) is 27.3 Å². The van der Waals surface area contributed by atoms with Gasteiger partial charge in [0.15, 0.2) is 0 Å². The van der Waals surface area contributed by atoms with Gasteiger partial charge in [0.1, 0.15) is 40.9 Å². The van der Waals surface area contributed by atoms with Crippen LogP contribution in [0, 0.1) is 27.9 Å². The van der Waals surface area contributed by atoms with E-state index in [1.165, 1.54) is 24.3 Å². The molecule has 2 aliphatic carbocycles. The predicted octanol–water partition coefficient (Wildman–Crippen LogP) is 6.59. The van der Waals surface area contributed by atoms with Gasteiger partial charge in [-0.15, -0.1) is 0 Å². The molecule has 2 aromatic rings. The van der Waals surface area contributed by atoms with Gasteiger partial charge >= 0.3 is 6.18 Å². The van der Waals surface area contributed by atoms with Crippen LogP contribution >= 0.6 is 0 Å². The molecule has 0 saturated carbocycles. The molecule has 0 bridgehead atoms. The lowest BCUT2D eigenvalue weighted by molar-refractivity contribution is -0.0931. The number of rotatable bonds is 0. The van der Waals surface area contributed by atoms with Gasteiger partial charge < -0.3 is 0 Å². The van der Waals surface area contributed by atoms with Crippen molar-refractivity contribution in [3.63, 3.8) is 0 Å². The minimum absolute atomic E-state index is 0.199. The van der Waals surface area contributed by atoms with Crippen molar-refractivity contribution in [2.24, 2.45) is 0 Å². The Labute approximate surface area is 192 Å². The number of allylic oxidation sites excluding steroid dienone is 8. The SMILES string of the molecule is CC1=CC(F)C(=c2ccc(=c3cc(F)c(=C4C=C(F)C(C(F)(F)F)=C(F)C4)c(F)c3)c(F)c2)C=C1. The van der Waals surface area contributed by atoms with E-state index in [0.29, 0.717) is 17.7 Å². The summed E-state index contributed by atoms with van der Waals surface area (Å²) in [6, 6.07) is 4.98. The van der Waals surface area contributed by atoms with Crippen molar-refractivity contribution in [3.8, 4) is 0 Å². The maximum atomic E-state index is 14.8. The van der Waals surface area contributed by atoms with Crippen molar-refractivity contribution in [2.75, 3.05) is 0 Å². The lowest BCUT2D eigenvalue weighted by Crippen LogP contribution is -2.21. The van der Waals surface area contributed by atoms with Gasteiger partial charge in [-0.1, -0.05) is 29.9 Å². The van der Waals surface area contributed by atoms with Crippen LogP contribution in [0.15, 0.2) is 77.4 Å². The molecule has 0 saturated heterocycles. The second-order valence-corrected chi connectivity index (χ2v) is 8.08. The van der Waals surface area contributed by atoms with Crippen molar-refractivity contribution in [1.82, 2.24) is 0 Å². The summed E-state index contributed by atoms with van der Waals surface area (Å²) in [5.74, 6) is -7.53. The molecule has 0 aliphatic heterocycles. The minimum Gasteiger partial charge on any atom is -0.238 e. The van der Waals surface area contributed by atoms with E-state index in [2.05, 4.69) is 0 Å². The first-order valence-electron chi connectivity index (χ1n) is 10.2. The third-order valence-corrected chi connectivity index (χ3v) is 5.65. The zero-order chi connectivity index (χ0) is 25.7. The molecule has 1 unspecified atom stereocenters. The summed E-state index contributed by atoms with van der Waals surface area (Å²) >= 11 is 0. The third kappa shape index (κ3) is 4.72. The highest BCUT2D eigenvalue weighted by molar-refractivity contribution is 5.67. The van der Waals surface area contributed by atoms with Gasteiger partial charge in [0.05, 0.1) is 0 Å². The molecule has 0 nitrogen and oxygen atoms in total. The zero-order valence-electron chi connectivity index (χ0n) is 17.9. The van der Waals surface area contributed by atoms with Crippen molar-refractivity contribution in [2.45, 2.75) is 25.7 Å². The highest BCUT2D eigenvalue weighted by Crippen LogP contribution is 2.40. The molecule has 0 fully saturated rings. The van der Waals surface area contributed by atoms with E-state index >= 15 is 0 Å². The first-order chi connectivity index (χ1) is 16.4. The number of hydrogen-bond donors (Lipinski definition) is 0. The molecule has 1 atom stereocenters. The highest BCUT2D eigenvalue weighted by atomic mass is 19.4. The number of halogens is 9. The Hall–Kier alpha value is -3.49. The normalized spacial score (nSPS) is 20.3. The molecule has 0 aromatic heterocycles. The number of benzene rings is 2. The largest absolute Gasteiger partial charge is 0.421 e. The number of alkyl halides is 4. The maximum absolute atomic E-state index is 14.8. The first-order valence-corrected chi connectivity index (χ1v) is 10.2. The molecule has 9 heteroatoms. The van der Waals surface area contributed by atoms with Crippen LogP contribution < -0.4 is 10.4 Å². The van der Waals surface area contributed by atoms with Crippen LogP contribution in [0.2, 0.25) is 0 Å². The average Bonchev–Trinajstić information content (AvgIpc) is 2.71. The van der Waals surface area contributed by atoms with Gasteiger partial charge in [-0.3, -0.25) is 0 Å². The zero-order valence-corrected chi connectivity index (χ0v) is 17.9. The quantitative estimate of drug-likeness (QED) is 0.360. The second-order valence-electron chi connectivity index (χ2n) is 8.08. The van der Waals surface area contributed by atoms with Gasteiger partial charge in [-0.25, -0.2) is 26.3 Å². The lowest BCUT2D eigenvalue weighted by atomic mass is 9.96. The molecule has 0 radical (unpaired) electrons. The Morgan fingerprint density at radius 1 is 0.829 bits per heavy atom. The van der Waals surface area contributed by atoms with Gasteiger partial charge in [0.25, 0.3) is 0 Å². The Kier molecular flexibility index (Phi) is 6.29. The summed E-state index contributed by atoms with van der Waals surface area (Å²) in [5, 5.41) is -1.21. The first kappa shape index (κ1) is 24.6. The highest BCUT2D eigenvalue weighted by Gasteiger charge is 2.41. The standard InChI is InChI=1S/C26H15F9/c1-12-2-4-16(18(27)6-12)13-3-5-17(19(28)7-13)14-8-20(29)24(21(30)9-14)15-10-22(31)25(23(32)11-15)26(33,34)35/h2-10,18H,11H2,1H3. The fourth-order valence-electron chi connectivity index (χ4n) is 4.02. The molecular weight excluding hydrogens is 483 g/mol. The summed E-state index contributed by atoms with van der Waals surface area (Å²) in [4.78, 5) is 0. The van der Waals surface area contributed by atoms with Crippen LogP contribution in [0.3, 0.4) is 0 Å². The van der Waals surface area contributed by atoms with Gasteiger partial charge in [-0.05, 0) is 58.9 Å². The Bertz CT molecular complexity index is 1540. The van der Waals surface area contributed by atoms with Crippen LogP contribution in [-0.4, -0.2) is 12.3 Å². The van der Waals surface area contributed by atoms with E-state index in [9.17, 15) is 39.5 Å². The number of hydrogen-bond acceptors (Lipinski definition) is 0. The summed E-state index contributed by atoms with van der Waals surface area (Å²) in [7, 11) is 0. The summed E-state index contributed by atoms with van der Waals surface area (Å²) in [6.07, 6.45) is -3.24. The molecule has 4 rings (SSSR count). The second kappa shape index (κ2) is 8.94. The minimum atomic E-state index is -5.32. The molecule has 2 aromatic carbocycles. The summed E-state index contributed by atoms with van der Waals surface area (Å²) in [5.41, 5.74) is -1.92.